The van der Waals surface area contributed by atoms with Gasteiger partial charge in [-0.3, -0.25) is 9.59 Å². The second kappa shape index (κ2) is 8.52. The zero-order chi connectivity index (χ0) is 23.1. The van der Waals surface area contributed by atoms with E-state index in [-0.39, 0.29) is 24.3 Å². The van der Waals surface area contributed by atoms with E-state index in [1.54, 1.807) is 6.26 Å². The summed E-state index contributed by atoms with van der Waals surface area (Å²) in [6, 6.07) is 19.6. The van der Waals surface area contributed by atoms with Crippen LogP contribution in [0.1, 0.15) is 42.2 Å². The standard InChI is InChI=1S/C28H27N3O3/c32-24-12-5-10-22-27(24)28(25-13-6-14-34-25)31(23-11-4-3-9-21(23)30-22)17-26(33)29-20-15-18-7-1-2-8-19(18)16-20/h1-4,6-9,11,13-14,20,28,30H,5,10,12,15-17H2,(H,29,33)/t28-/m1/s1. The van der Waals surface area contributed by atoms with Crippen molar-refractivity contribution in [2.75, 3.05) is 16.8 Å². The number of allylic oxidation sites excluding steroid dienone is 1. The predicted molar refractivity (Wildman–Crippen MR) is 131 cm³/mol. The molecule has 0 saturated carbocycles. The summed E-state index contributed by atoms with van der Waals surface area (Å²) in [7, 11) is 0. The molecule has 6 nitrogen and oxygen atoms in total. The molecule has 0 spiro atoms. The van der Waals surface area contributed by atoms with Gasteiger partial charge < -0.3 is 20.0 Å². The minimum atomic E-state index is -0.458. The largest absolute Gasteiger partial charge is 0.467 e. The lowest BCUT2D eigenvalue weighted by molar-refractivity contribution is -0.121. The Morgan fingerprint density at radius 2 is 1.76 bits per heavy atom. The highest BCUT2D eigenvalue weighted by atomic mass is 16.3. The van der Waals surface area contributed by atoms with Crippen molar-refractivity contribution in [3.63, 3.8) is 0 Å². The topological polar surface area (TPSA) is 74.6 Å². The monoisotopic (exact) mass is 453 g/mol. The van der Waals surface area contributed by atoms with Crippen LogP contribution >= 0.6 is 0 Å². The number of para-hydroxylation sites is 2. The van der Waals surface area contributed by atoms with Gasteiger partial charge in [-0.25, -0.2) is 0 Å². The molecule has 2 aromatic carbocycles. The highest BCUT2D eigenvalue weighted by molar-refractivity contribution is 6.01. The van der Waals surface area contributed by atoms with E-state index in [0.717, 1.165) is 42.8 Å². The molecule has 2 heterocycles. The van der Waals surface area contributed by atoms with Crippen molar-refractivity contribution in [2.24, 2.45) is 0 Å². The molecule has 0 saturated heterocycles. The summed E-state index contributed by atoms with van der Waals surface area (Å²) in [5.41, 5.74) is 6.02. The quantitative estimate of drug-likeness (QED) is 0.607. The molecule has 0 fully saturated rings. The third-order valence-electron chi connectivity index (χ3n) is 7.08. The fourth-order valence-electron chi connectivity index (χ4n) is 5.61. The predicted octanol–water partition coefficient (Wildman–Crippen LogP) is 4.54. The molecule has 6 rings (SSSR count). The first-order valence-electron chi connectivity index (χ1n) is 12.0. The van der Waals surface area contributed by atoms with Crippen LogP contribution in [0.5, 0.6) is 0 Å². The highest BCUT2D eigenvalue weighted by Gasteiger charge is 2.39. The summed E-state index contributed by atoms with van der Waals surface area (Å²) < 4.78 is 5.84. The normalized spacial score (nSPS) is 19.7. The number of nitrogens with one attached hydrogen (secondary N) is 2. The van der Waals surface area contributed by atoms with Gasteiger partial charge >= 0.3 is 0 Å². The number of benzene rings is 2. The van der Waals surface area contributed by atoms with Crippen LogP contribution in [0.2, 0.25) is 0 Å². The van der Waals surface area contributed by atoms with E-state index in [1.807, 2.05) is 53.4 Å². The molecule has 2 aliphatic carbocycles. The molecule has 0 unspecified atom stereocenters. The first kappa shape index (κ1) is 20.8. The molecule has 2 N–H and O–H groups in total. The van der Waals surface area contributed by atoms with Crippen LogP contribution in [-0.2, 0) is 22.4 Å². The lowest BCUT2D eigenvalue weighted by Crippen LogP contribution is -2.44. The fraction of sp³-hybridized carbons (Fsp3) is 0.286. The van der Waals surface area contributed by atoms with Crippen LogP contribution < -0.4 is 15.5 Å². The van der Waals surface area contributed by atoms with E-state index >= 15 is 0 Å². The van der Waals surface area contributed by atoms with Crippen LogP contribution in [0.4, 0.5) is 11.4 Å². The average molecular weight is 454 g/mol. The van der Waals surface area contributed by atoms with E-state index in [4.69, 9.17) is 4.42 Å². The number of furan rings is 1. The summed E-state index contributed by atoms with van der Waals surface area (Å²) in [4.78, 5) is 28.6. The van der Waals surface area contributed by atoms with Crippen LogP contribution in [0.25, 0.3) is 0 Å². The van der Waals surface area contributed by atoms with Gasteiger partial charge in [0.15, 0.2) is 5.78 Å². The summed E-state index contributed by atoms with van der Waals surface area (Å²) in [6.45, 7) is 0.126. The van der Waals surface area contributed by atoms with E-state index in [0.29, 0.717) is 17.8 Å². The molecule has 1 atom stereocenters. The van der Waals surface area contributed by atoms with E-state index < -0.39 is 6.04 Å². The summed E-state index contributed by atoms with van der Waals surface area (Å²) in [6.07, 6.45) is 5.44. The molecule has 0 radical (unpaired) electrons. The molecule has 1 aromatic heterocycles. The molecular weight excluding hydrogens is 426 g/mol. The van der Waals surface area contributed by atoms with Gasteiger partial charge in [-0.2, -0.15) is 0 Å². The highest BCUT2D eigenvalue weighted by Crippen LogP contribution is 2.44. The number of amides is 1. The molecule has 34 heavy (non-hydrogen) atoms. The summed E-state index contributed by atoms with van der Waals surface area (Å²) in [5, 5.41) is 6.76. The maximum atomic E-state index is 13.4. The van der Waals surface area contributed by atoms with E-state index in [1.165, 1.54) is 11.1 Å². The van der Waals surface area contributed by atoms with Crippen molar-refractivity contribution in [2.45, 2.75) is 44.2 Å². The van der Waals surface area contributed by atoms with Crippen molar-refractivity contribution in [1.82, 2.24) is 5.32 Å². The zero-order valence-corrected chi connectivity index (χ0v) is 18.9. The van der Waals surface area contributed by atoms with Gasteiger partial charge in [0.1, 0.15) is 11.8 Å². The minimum Gasteiger partial charge on any atom is -0.467 e. The van der Waals surface area contributed by atoms with Crippen LogP contribution in [-0.4, -0.2) is 24.3 Å². The van der Waals surface area contributed by atoms with E-state index in [9.17, 15) is 9.59 Å². The number of hydrogen-bond donors (Lipinski definition) is 2. The van der Waals surface area contributed by atoms with Gasteiger partial charge in [0, 0.05) is 23.7 Å². The Bertz CT molecular complexity index is 1250. The van der Waals surface area contributed by atoms with Gasteiger partial charge in [0.2, 0.25) is 5.91 Å². The Kier molecular flexibility index (Phi) is 5.21. The molecule has 172 valence electrons. The summed E-state index contributed by atoms with van der Waals surface area (Å²) >= 11 is 0. The number of nitrogens with zero attached hydrogens (tertiary/aromatic N) is 1. The van der Waals surface area contributed by atoms with Gasteiger partial charge in [0.25, 0.3) is 0 Å². The number of carbonyl (C=O) groups is 2. The molecule has 1 amide bonds. The maximum absolute atomic E-state index is 13.4. The number of carbonyl (C=O) groups excluding carboxylic acids is 2. The molecule has 0 bridgehead atoms. The number of anilines is 2. The maximum Gasteiger partial charge on any atom is 0.239 e. The Hall–Kier alpha value is -3.80. The van der Waals surface area contributed by atoms with Crippen molar-refractivity contribution in [3.8, 4) is 0 Å². The summed E-state index contributed by atoms with van der Waals surface area (Å²) in [5.74, 6) is 0.721. The Morgan fingerprint density at radius 3 is 2.53 bits per heavy atom. The van der Waals surface area contributed by atoms with Gasteiger partial charge in [-0.15, -0.1) is 0 Å². The smallest absolute Gasteiger partial charge is 0.239 e. The fourth-order valence-corrected chi connectivity index (χ4v) is 5.61. The number of ketones is 1. The Balaban J connectivity index is 1.35. The van der Waals surface area contributed by atoms with Crippen LogP contribution in [0.3, 0.4) is 0 Å². The van der Waals surface area contributed by atoms with Crippen molar-refractivity contribution >= 4 is 23.1 Å². The molecule has 6 heteroatoms. The SMILES string of the molecule is O=C(CN1c2ccccc2NC2=C(C(=O)CCC2)[C@H]1c1ccco1)NC1Cc2ccccc2C1. The number of Topliss-reactive ketones (excluding diaryl/α,β-unsaturated/α-hetero) is 1. The van der Waals surface area contributed by atoms with Gasteiger partial charge in [-0.05, 0) is 61.1 Å². The van der Waals surface area contributed by atoms with Crippen LogP contribution in [0.15, 0.2) is 82.6 Å². The zero-order valence-electron chi connectivity index (χ0n) is 18.9. The number of fused-ring (bicyclic) bond motifs is 2. The van der Waals surface area contributed by atoms with E-state index in [2.05, 4.69) is 22.8 Å². The number of rotatable bonds is 4. The second-order valence-corrected chi connectivity index (χ2v) is 9.30. The third kappa shape index (κ3) is 3.69. The van der Waals surface area contributed by atoms with Gasteiger partial charge in [-0.1, -0.05) is 36.4 Å². The third-order valence-corrected chi connectivity index (χ3v) is 7.08. The average Bonchev–Trinajstić information content (AvgIpc) is 3.48. The first-order chi connectivity index (χ1) is 16.7. The first-order valence-corrected chi connectivity index (χ1v) is 12.0. The molecule has 3 aromatic rings. The lowest BCUT2D eigenvalue weighted by atomic mass is 9.88. The van der Waals surface area contributed by atoms with Crippen molar-refractivity contribution in [1.29, 1.82) is 0 Å². The van der Waals surface area contributed by atoms with Crippen molar-refractivity contribution < 1.29 is 14.0 Å². The Morgan fingerprint density at radius 1 is 1.00 bits per heavy atom. The molecule has 1 aliphatic heterocycles. The molecule has 3 aliphatic rings. The lowest BCUT2D eigenvalue weighted by Gasteiger charge is -2.33. The van der Waals surface area contributed by atoms with Crippen molar-refractivity contribution in [3.05, 3.63) is 95.1 Å². The molecular formula is C28H27N3O3. The minimum absolute atomic E-state index is 0.0588. The second-order valence-electron chi connectivity index (χ2n) is 9.30. The van der Waals surface area contributed by atoms with Crippen LogP contribution in [0, 0.1) is 0 Å². The Labute approximate surface area is 198 Å². The van der Waals surface area contributed by atoms with Gasteiger partial charge in [0.05, 0.1) is 24.2 Å². The number of hydrogen-bond acceptors (Lipinski definition) is 5.